The van der Waals surface area contributed by atoms with Crippen molar-refractivity contribution in [2.45, 2.75) is 26.2 Å². The van der Waals surface area contributed by atoms with E-state index in [2.05, 4.69) is 26.1 Å². The van der Waals surface area contributed by atoms with Crippen molar-refractivity contribution in [1.29, 1.82) is 5.26 Å². The molecule has 0 saturated heterocycles. The molecule has 2 aromatic rings. The van der Waals surface area contributed by atoms with Crippen LogP contribution in [0.1, 0.15) is 42.3 Å². The molecule has 5 nitrogen and oxygen atoms in total. The molecule has 0 aliphatic carbocycles. The smallest absolute Gasteiger partial charge is 0.335 e. The summed E-state index contributed by atoms with van der Waals surface area (Å²) in [4.78, 5) is 23.3. The van der Waals surface area contributed by atoms with E-state index in [-0.39, 0.29) is 16.6 Å². The highest BCUT2D eigenvalue weighted by atomic mass is 16.4. The number of carboxylic acids is 1. The average molecular weight is 348 g/mol. The Bertz CT molecular complexity index is 898. The molecule has 2 rings (SSSR count). The van der Waals surface area contributed by atoms with Crippen molar-refractivity contribution in [2.75, 3.05) is 5.32 Å². The first kappa shape index (κ1) is 18.9. The van der Waals surface area contributed by atoms with E-state index in [1.165, 1.54) is 24.3 Å². The number of carbonyl (C=O) groups excluding carboxylic acids is 1. The number of hydrogen-bond acceptors (Lipinski definition) is 3. The van der Waals surface area contributed by atoms with Gasteiger partial charge in [-0.1, -0.05) is 51.1 Å². The van der Waals surface area contributed by atoms with Crippen LogP contribution in [0.15, 0.2) is 54.1 Å². The SMILES string of the molecule is CC(C)(C)c1ccc(/C=C(/C#N)C(=O)Nc2cccc(C(=O)O)c2)cc1. The maximum atomic E-state index is 12.3. The molecule has 0 saturated carbocycles. The van der Waals surface area contributed by atoms with Crippen molar-refractivity contribution in [3.8, 4) is 6.07 Å². The molecule has 0 fully saturated rings. The van der Waals surface area contributed by atoms with Gasteiger partial charge in [-0.15, -0.1) is 0 Å². The zero-order valence-corrected chi connectivity index (χ0v) is 14.9. The molecule has 0 atom stereocenters. The zero-order valence-electron chi connectivity index (χ0n) is 14.9. The van der Waals surface area contributed by atoms with E-state index < -0.39 is 11.9 Å². The third-order valence-corrected chi connectivity index (χ3v) is 3.82. The van der Waals surface area contributed by atoms with E-state index in [9.17, 15) is 14.9 Å². The highest BCUT2D eigenvalue weighted by molar-refractivity contribution is 6.10. The lowest BCUT2D eigenvalue weighted by molar-refractivity contribution is -0.112. The molecule has 2 N–H and O–H groups in total. The van der Waals surface area contributed by atoms with Crippen LogP contribution in [0.5, 0.6) is 0 Å². The number of nitrogens with one attached hydrogen (secondary N) is 1. The molecule has 0 bridgehead atoms. The molecule has 0 radical (unpaired) electrons. The Balaban J connectivity index is 2.21. The highest BCUT2D eigenvalue weighted by Crippen LogP contribution is 2.23. The van der Waals surface area contributed by atoms with Gasteiger partial charge in [-0.25, -0.2) is 4.79 Å². The predicted molar refractivity (Wildman–Crippen MR) is 101 cm³/mol. The number of carbonyl (C=O) groups is 2. The van der Waals surface area contributed by atoms with Gasteiger partial charge in [0.15, 0.2) is 0 Å². The Hall–Kier alpha value is -3.39. The monoisotopic (exact) mass is 348 g/mol. The summed E-state index contributed by atoms with van der Waals surface area (Å²) in [6.45, 7) is 6.33. The van der Waals surface area contributed by atoms with Gasteiger partial charge in [0.25, 0.3) is 5.91 Å². The topological polar surface area (TPSA) is 90.2 Å². The van der Waals surface area contributed by atoms with Crippen LogP contribution in [-0.4, -0.2) is 17.0 Å². The molecule has 0 aromatic heterocycles. The second kappa shape index (κ2) is 7.66. The van der Waals surface area contributed by atoms with Gasteiger partial charge in [0.2, 0.25) is 0 Å². The van der Waals surface area contributed by atoms with Crippen LogP contribution >= 0.6 is 0 Å². The molecule has 26 heavy (non-hydrogen) atoms. The molecule has 0 unspecified atom stereocenters. The van der Waals surface area contributed by atoms with Gasteiger partial charge in [0.1, 0.15) is 11.6 Å². The van der Waals surface area contributed by atoms with Crippen LogP contribution in [0, 0.1) is 11.3 Å². The Morgan fingerprint density at radius 3 is 2.31 bits per heavy atom. The minimum atomic E-state index is -1.09. The number of aromatic carboxylic acids is 1. The minimum absolute atomic E-state index is 0.0207. The molecular weight excluding hydrogens is 328 g/mol. The number of benzene rings is 2. The molecular formula is C21H20N2O3. The molecule has 5 heteroatoms. The van der Waals surface area contributed by atoms with Crippen LogP contribution < -0.4 is 5.32 Å². The third kappa shape index (κ3) is 4.81. The second-order valence-electron chi connectivity index (χ2n) is 6.88. The summed E-state index contributed by atoms with van der Waals surface area (Å²) in [5.41, 5.74) is 2.23. The maximum Gasteiger partial charge on any atom is 0.335 e. The Kier molecular flexibility index (Phi) is 5.58. The average Bonchev–Trinajstić information content (AvgIpc) is 2.59. The lowest BCUT2D eigenvalue weighted by Gasteiger charge is -2.18. The Morgan fingerprint density at radius 2 is 1.77 bits per heavy atom. The summed E-state index contributed by atoms with van der Waals surface area (Å²) >= 11 is 0. The van der Waals surface area contributed by atoms with Gasteiger partial charge in [-0.05, 0) is 40.8 Å². The lowest BCUT2D eigenvalue weighted by atomic mass is 9.86. The summed E-state index contributed by atoms with van der Waals surface area (Å²) in [6, 6.07) is 15.4. The quantitative estimate of drug-likeness (QED) is 0.639. The van der Waals surface area contributed by atoms with E-state index in [0.717, 1.165) is 11.1 Å². The minimum Gasteiger partial charge on any atom is -0.478 e. The molecule has 0 heterocycles. The number of carboxylic acid groups (broad SMARTS) is 1. The number of nitriles is 1. The van der Waals surface area contributed by atoms with Crippen molar-refractivity contribution in [1.82, 2.24) is 0 Å². The zero-order chi connectivity index (χ0) is 19.3. The fourth-order valence-electron chi connectivity index (χ4n) is 2.32. The predicted octanol–water partition coefficient (Wildman–Crippen LogP) is 4.23. The fourth-order valence-corrected chi connectivity index (χ4v) is 2.32. The van der Waals surface area contributed by atoms with Crippen LogP contribution in [0.3, 0.4) is 0 Å². The number of nitrogens with zero attached hydrogens (tertiary/aromatic N) is 1. The lowest BCUT2D eigenvalue weighted by Crippen LogP contribution is -2.14. The second-order valence-corrected chi connectivity index (χ2v) is 6.88. The Morgan fingerprint density at radius 1 is 1.12 bits per heavy atom. The van der Waals surface area contributed by atoms with Gasteiger partial charge in [0, 0.05) is 5.69 Å². The molecule has 2 aromatic carbocycles. The standard InChI is InChI=1S/C21H20N2O3/c1-21(2,3)17-9-7-14(8-10-17)11-16(13-22)19(24)23-18-6-4-5-15(12-18)20(25)26/h4-12H,1-3H3,(H,23,24)(H,25,26)/b16-11-. The first-order chi connectivity index (χ1) is 12.2. The highest BCUT2D eigenvalue weighted by Gasteiger charge is 2.14. The maximum absolute atomic E-state index is 12.3. The normalized spacial score (nSPS) is 11.5. The summed E-state index contributed by atoms with van der Waals surface area (Å²) in [5.74, 6) is -1.67. The Labute approximate surface area is 152 Å². The van der Waals surface area contributed by atoms with Gasteiger partial charge in [-0.3, -0.25) is 4.79 Å². The van der Waals surface area contributed by atoms with E-state index in [4.69, 9.17) is 5.11 Å². The number of anilines is 1. The van der Waals surface area contributed by atoms with Crippen molar-refractivity contribution in [3.05, 3.63) is 70.8 Å². The van der Waals surface area contributed by atoms with E-state index in [1.807, 2.05) is 30.3 Å². The summed E-state index contributed by atoms with van der Waals surface area (Å²) in [6.07, 6.45) is 1.50. The first-order valence-corrected chi connectivity index (χ1v) is 8.08. The van der Waals surface area contributed by atoms with Gasteiger partial charge < -0.3 is 10.4 Å². The van der Waals surface area contributed by atoms with E-state index >= 15 is 0 Å². The summed E-state index contributed by atoms with van der Waals surface area (Å²) < 4.78 is 0. The largest absolute Gasteiger partial charge is 0.478 e. The van der Waals surface area contributed by atoms with E-state index in [0.29, 0.717) is 5.69 Å². The van der Waals surface area contributed by atoms with Crippen LogP contribution in [0.2, 0.25) is 0 Å². The fraction of sp³-hybridized carbons (Fsp3) is 0.190. The van der Waals surface area contributed by atoms with Crippen molar-refractivity contribution in [3.63, 3.8) is 0 Å². The van der Waals surface area contributed by atoms with Gasteiger partial charge >= 0.3 is 5.97 Å². The van der Waals surface area contributed by atoms with Gasteiger partial charge in [0.05, 0.1) is 5.56 Å². The number of hydrogen-bond donors (Lipinski definition) is 2. The van der Waals surface area contributed by atoms with Crippen LogP contribution in [0.4, 0.5) is 5.69 Å². The third-order valence-electron chi connectivity index (χ3n) is 3.82. The van der Waals surface area contributed by atoms with Crippen molar-refractivity contribution >= 4 is 23.6 Å². The summed E-state index contributed by atoms with van der Waals surface area (Å²) in [7, 11) is 0. The number of amides is 1. The molecule has 0 aliphatic heterocycles. The number of rotatable bonds is 4. The summed E-state index contributed by atoms with van der Waals surface area (Å²) in [5, 5.41) is 20.8. The molecule has 1 amide bonds. The van der Waals surface area contributed by atoms with Crippen LogP contribution in [-0.2, 0) is 10.2 Å². The van der Waals surface area contributed by atoms with Crippen molar-refractivity contribution in [2.24, 2.45) is 0 Å². The van der Waals surface area contributed by atoms with E-state index in [1.54, 1.807) is 6.07 Å². The molecule has 0 aliphatic rings. The first-order valence-electron chi connectivity index (χ1n) is 8.08. The van der Waals surface area contributed by atoms with Crippen molar-refractivity contribution < 1.29 is 14.7 Å². The van der Waals surface area contributed by atoms with Gasteiger partial charge in [-0.2, -0.15) is 5.26 Å². The van der Waals surface area contributed by atoms with Crippen LogP contribution in [0.25, 0.3) is 6.08 Å². The molecule has 0 spiro atoms. The molecule has 132 valence electrons.